The van der Waals surface area contributed by atoms with Crippen molar-refractivity contribution < 1.29 is 19.1 Å². The maximum absolute atomic E-state index is 12.7. The summed E-state index contributed by atoms with van der Waals surface area (Å²) in [7, 11) is 1.47. The average Bonchev–Trinajstić information content (AvgIpc) is 2.64. The minimum Gasteiger partial charge on any atom is -0.443 e. The summed E-state index contributed by atoms with van der Waals surface area (Å²) in [6, 6.07) is 16.3. The molecule has 2 aromatic carbocycles. The largest absolute Gasteiger partial charge is 0.443 e. The molecule has 0 aliphatic carbocycles. The Morgan fingerprint density at radius 3 is 2.11 bits per heavy atom. The molecular formula is C21H25ClN2O4. The lowest BCUT2D eigenvalue weighted by atomic mass is 10.2. The minimum absolute atomic E-state index is 0.104. The molecule has 2 amide bonds. The van der Waals surface area contributed by atoms with E-state index in [1.165, 1.54) is 12.1 Å². The van der Waals surface area contributed by atoms with Crippen molar-refractivity contribution in [3.8, 4) is 0 Å². The third-order valence-electron chi connectivity index (χ3n) is 3.68. The zero-order valence-corrected chi connectivity index (χ0v) is 17.3. The van der Waals surface area contributed by atoms with E-state index >= 15 is 0 Å². The van der Waals surface area contributed by atoms with Gasteiger partial charge in [-0.2, -0.15) is 0 Å². The van der Waals surface area contributed by atoms with Gasteiger partial charge in [-0.15, -0.1) is 0 Å². The van der Waals surface area contributed by atoms with Gasteiger partial charge >= 0.3 is 12.2 Å². The molecule has 0 fully saturated rings. The predicted octanol–water partition coefficient (Wildman–Crippen LogP) is 5.26. The van der Waals surface area contributed by atoms with Crippen LogP contribution in [0.2, 0.25) is 5.02 Å². The van der Waals surface area contributed by atoms with Gasteiger partial charge in [0.05, 0.1) is 6.54 Å². The third-order valence-corrected chi connectivity index (χ3v) is 3.93. The first kappa shape index (κ1) is 21.6. The van der Waals surface area contributed by atoms with Crippen molar-refractivity contribution in [2.45, 2.75) is 39.5 Å². The number of benzene rings is 2. The van der Waals surface area contributed by atoms with Crippen LogP contribution < -0.4 is 0 Å². The van der Waals surface area contributed by atoms with E-state index in [9.17, 15) is 9.59 Å². The van der Waals surface area contributed by atoms with Crippen molar-refractivity contribution in [1.82, 2.24) is 10.0 Å². The molecule has 0 saturated heterocycles. The van der Waals surface area contributed by atoms with Gasteiger partial charge in [-0.1, -0.05) is 54.1 Å². The highest BCUT2D eigenvalue weighted by atomic mass is 35.5. The summed E-state index contributed by atoms with van der Waals surface area (Å²) in [5, 5.41) is 2.90. The zero-order valence-electron chi connectivity index (χ0n) is 16.5. The number of halogens is 1. The van der Waals surface area contributed by atoms with Crippen molar-refractivity contribution in [2.75, 3.05) is 7.05 Å². The molecule has 2 rings (SSSR count). The highest BCUT2D eigenvalue weighted by molar-refractivity contribution is 6.30. The maximum Gasteiger partial charge on any atom is 0.429 e. The van der Waals surface area contributed by atoms with Crippen molar-refractivity contribution in [3.63, 3.8) is 0 Å². The molecule has 0 bridgehead atoms. The quantitative estimate of drug-likeness (QED) is 0.652. The molecule has 150 valence electrons. The Hall–Kier alpha value is -2.73. The number of nitrogens with zero attached hydrogens (tertiary/aromatic N) is 2. The van der Waals surface area contributed by atoms with E-state index in [0.29, 0.717) is 5.02 Å². The minimum atomic E-state index is -0.704. The molecule has 2 aromatic rings. The molecule has 28 heavy (non-hydrogen) atoms. The molecule has 0 radical (unpaired) electrons. The van der Waals surface area contributed by atoms with Crippen molar-refractivity contribution >= 4 is 23.8 Å². The average molecular weight is 405 g/mol. The number of rotatable bonds is 4. The standard InChI is InChI=1S/C21H25ClN2O4/c1-21(2,3)28-20(26)24(14-16-10-12-18(22)13-11-16)23(4)19(25)27-15-17-8-6-5-7-9-17/h5-13H,14-15H2,1-4H3. The predicted molar refractivity (Wildman–Crippen MR) is 108 cm³/mol. The second-order valence-corrected chi connectivity index (χ2v) is 7.66. The summed E-state index contributed by atoms with van der Waals surface area (Å²) in [6.07, 6.45) is -1.31. The molecule has 7 heteroatoms. The molecule has 0 atom stereocenters. The molecule has 0 unspecified atom stereocenters. The highest BCUT2D eigenvalue weighted by Crippen LogP contribution is 2.17. The SMILES string of the molecule is CN(C(=O)OCc1ccccc1)N(Cc1ccc(Cl)cc1)C(=O)OC(C)(C)C. The van der Waals surface area contributed by atoms with Gasteiger partial charge < -0.3 is 9.47 Å². The van der Waals surface area contributed by atoms with Crippen molar-refractivity contribution in [1.29, 1.82) is 0 Å². The fourth-order valence-corrected chi connectivity index (χ4v) is 2.41. The van der Waals surface area contributed by atoms with Crippen LogP contribution in [0.4, 0.5) is 9.59 Å². The third kappa shape index (κ3) is 6.78. The van der Waals surface area contributed by atoms with Gasteiger partial charge in [0.15, 0.2) is 0 Å². The number of hydrazine groups is 1. The number of ether oxygens (including phenoxy) is 2. The summed E-state index contributed by atoms with van der Waals surface area (Å²) in [5.41, 5.74) is 0.938. The Morgan fingerprint density at radius 2 is 1.54 bits per heavy atom. The zero-order chi connectivity index (χ0) is 20.7. The van der Waals surface area contributed by atoms with E-state index in [0.717, 1.165) is 16.1 Å². The molecule has 0 aliphatic rings. The normalized spacial score (nSPS) is 10.9. The van der Waals surface area contributed by atoms with Gasteiger partial charge in [-0.25, -0.2) is 19.6 Å². The van der Waals surface area contributed by atoms with Crippen molar-refractivity contribution in [3.05, 3.63) is 70.7 Å². The lowest BCUT2D eigenvalue weighted by Gasteiger charge is -2.33. The van der Waals surface area contributed by atoms with Crippen LogP contribution in [0, 0.1) is 0 Å². The van der Waals surface area contributed by atoms with Gasteiger partial charge in [-0.05, 0) is 44.0 Å². The fraction of sp³-hybridized carbons (Fsp3) is 0.333. The topological polar surface area (TPSA) is 59.1 Å². The van der Waals surface area contributed by atoms with E-state index in [2.05, 4.69) is 0 Å². The Morgan fingerprint density at radius 1 is 0.929 bits per heavy atom. The van der Waals surface area contributed by atoms with Crippen molar-refractivity contribution in [2.24, 2.45) is 0 Å². The first-order chi connectivity index (χ1) is 13.2. The Balaban J connectivity index is 2.12. The second-order valence-electron chi connectivity index (χ2n) is 7.23. The summed E-state index contributed by atoms with van der Waals surface area (Å²) in [6.45, 7) is 5.52. The van der Waals surface area contributed by atoms with Crippen LogP contribution in [0.3, 0.4) is 0 Å². The number of hydrogen-bond donors (Lipinski definition) is 0. The summed E-state index contributed by atoms with van der Waals surface area (Å²) < 4.78 is 10.8. The van der Waals surface area contributed by atoms with Gasteiger partial charge in [0, 0.05) is 12.1 Å². The van der Waals surface area contributed by atoms with E-state index in [4.69, 9.17) is 21.1 Å². The summed E-state index contributed by atoms with van der Waals surface area (Å²) in [4.78, 5) is 25.2. The van der Waals surface area contributed by atoms with Crippen LogP contribution in [0.15, 0.2) is 54.6 Å². The molecule has 6 nitrogen and oxygen atoms in total. The van der Waals surface area contributed by atoms with Crippen LogP contribution in [0.1, 0.15) is 31.9 Å². The lowest BCUT2D eigenvalue weighted by Crippen LogP contribution is -2.49. The Labute approximate surface area is 170 Å². The van der Waals surface area contributed by atoms with Crippen LogP contribution in [0.5, 0.6) is 0 Å². The van der Waals surface area contributed by atoms with Crippen LogP contribution in [-0.4, -0.2) is 34.9 Å². The van der Waals surface area contributed by atoms with E-state index < -0.39 is 17.8 Å². The number of amides is 2. The summed E-state index contributed by atoms with van der Waals surface area (Å²) >= 11 is 5.92. The van der Waals surface area contributed by atoms with E-state index in [1.54, 1.807) is 45.0 Å². The van der Waals surface area contributed by atoms with Gasteiger partial charge in [0.1, 0.15) is 12.2 Å². The Bertz CT molecular complexity index is 788. The molecule has 0 aliphatic heterocycles. The van der Waals surface area contributed by atoms with Crippen LogP contribution >= 0.6 is 11.6 Å². The second kappa shape index (κ2) is 9.46. The number of carbonyl (C=O) groups is 2. The number of hydrogen-bond acceptors (Lipinski definition) is 4. The smallest absolute Gasteiger partial charge is 0.429 e. The summed E-state index contributed by atoms with van der Waals surface area (Å²) in [5.74, 6) is 0. The van der Waals surface area contributed by atoms with Crippen LogP contribution in [-0.2, 0) is 22.6 Å². The monoisotopic (exact) mass is 404 g/mol. The van der Waals surface area contributed by atoms with E-state index in [1.807, 2.05) is 30.3 Å². The molecule has 0 N–H and O–H groups in total. The molecule has 0 saturated carbocycles. The van der Waals surface area contributed by atoms with Gasteiger partial charge in [0.25, 0.3) is 0 Å². The van der Waals surface area contributed by atoms with Gasteiger partial charge in [-0.3, -0.25) is 0 Å². The fourth-order valence-electron chi connectivity index (χ4n) is 2.28. The van der Waals surface area contributed by atoms with E-state index in [-0.39, 0.29) is 13.2 Å². The number of carbonyl (C=O) groups excluding carboxylic acids is 2. The molecule has 0 spiro atoms. The maximum atomic E-state index is 12.7. The lowest BCUT2D eigenvalue weighted by molar-refractivity contribution is -0.0416. The first-order valence-electron chi connectivity index (χ1n) is 8.85. The van der Waals surface area contributed by atoms with Crippen LogP contribution in [0.25, 0.3) is 0 Å². The molecule has 0 heterocycles. The Kier molecular flexibility index (Phi) is 7.29. The highest BCUT2D eigenvalue weighted by Gasteiger charge is 2.29. The van der Waals surface area contributed by atoms with Gasteiger partial charge in [0.2, 0.25) is 0 Å². The molecule has 0 aromatic heterocycles. The first-order valence-corrected chi connectivity index (χ1v) is 9.23. The molecular weight excluding hydrogens is 380 g/mol.